The van der Waals surface area contributed by atoms with Crippen LogP contribution in [0.2, 0.25) is 0 Å². The van der Waals surface area contributed by atoms with Gasteiger partial charge in [-0.3, -0.25) is 19.9 Å². The Hall–Kier alpha value is -5.75. The molecular weight excluding hydrogens is 617 g/mol. The highest BCUT2D eigenvalue weighted by Gasteiger charge is 2.17. The number of aryl methyl sites for hydroxylation is 1. The van der Waals surface area contributed by atoms with Crippen LogP contribution in [-0.4, -0.2) is 56.5 Å². The van der Waals surface area contributed by atoms with E-state index >= 15 is 0 Å². The molecule has 0 bridgehead atoms. The Kier molecular flexibility index (Phi) is 7.78. The number of carbonyl (C=O) groups excluding carboxylic acids is 1. The SMILES string of the molecule is CS(=O)(=O)CCc1cc(F)cc(-c2cccc3[nH]c(-c4n[nH]c5cnc(-c6cncc(NC(=O)Cc7ccccc7)c6)cc45)nc23)c1. The maximum atomic E-state index is 14.7. The van der Waals surface area contributed by atoms with Crippen molar-refractivity contribution in [1.29, 1.82) is 0 Å². The van der Waals surface area contributed by atoms with Crippen LogP contribution >= 0.6 is 0 Å². The van der Waals surface area contributed by atoms with Gasteiger partial charge in [0, 0.05) is 29.0 Å². The zero-order valence-corrected chi connectivity index (χ0v) is 26.0. The summed E-state index contributed by atoms with van der Waals surface area (Å²) < 4.78 is 38.1. The van der Waals surface area contributed by atoms with E-state index in [4.69, 9.17) is 4.98 Å². The molecule has 0 fully saturated rings. The number of carbonyl (C=O) groups is 1. The van der Waals surface area contributed by atoms with Crippen molar-refractivity contribution in [2.24, 2.45) is 0 Å². The largest absolute Gasteiger partial charge is 0.337 e. The summed E-state index contributed by atoms with van der Waals surface area (Å²) in [6.07, 6.45) is 6.57. The molecule has 1 amide bonds. The molecule has 234 valence electrons. The summed E-state index contributed by atoms with van der Waals surface area (Å²) in [7, 11) is -3.20. The second kappa shape index (κ2) is 12.2. The minimum absolute atomic E-state index is 0.0705. The standard InChI is InChI=1S/C35H28FN7O3S/c1-47(45,46)11-10-22-12-23(15-25(36)13-22)27-8-5-9-29-33(27)41-35(40-29)34-28-17-30(38-20-31(28)42-43-34)24-16-26(19-37-18-24)39-32(44)14-21-6-3-2-4-7-21/h2-9,12-13,15-20H,10-11,14H2,1H3,(H,39,44)(H,40,41)(H,42,43). The summed E-state index contributed by atoms with van der Waals surface area (Å²) >= 11 is 0. The number of pyridine rings is 2. The summed E-state index contributed by atoms with van der Waals surface area (Å²) in [5, 5.41) is 11.2. The van der Waals surface area contributed by atoms with E-state index in [-0.39, 0.29) is 24.5 Å². The molecule has 0 spiro atoms. The Balaban J connectivity index is 1.20. The van der Waals surface area contributed by atoms with Crippen molar-refractivity contribution in [2.45, 2.75) is 12.8 Å². The van der Waals surface area contributed by atoms with Gasteiger partial charge in [-0.15, -0.1) is 0 Å². The molecule has 0 aliphatic heterocycles. The number of nitrogens with one attached hydrogen (secondary N) is 3. The van der Waals surface area contributed by atoms with Crippen molar-refractivity contribution >= 4 is 43.4 Å². The van der Waals surface area contributed by atoms with Gasteiger partial charge >= 0.3 is 0 Å². The number of para-hydroxylation sites is 1. The lowest BCUT2D eigenvalue weighted by atomic mass is 10.0. The zero-order chi connectivity index (χ0) is 32.5. The summed E-state index contributed by atoms with van der Waals surface area (Å²) in [6.45, 7) is 0. The van der Waals surface area contributed by atoms with Crippen LogP contribution in [0.3, 0.4) is 0 Å². The minimum atomic E-state index is -3.20. The monoisotopic (exact) mass is 645 g/mol. The lowest BCUT2D eigenvalue weighted by molar-refractivity contribution is -0.115. The van der Waals surface area contributed by atoms with Crippen molar-refractivity contribution in [3.05, 3.63) is 114 Å². The van der Waals surface area contributed by atoms with Gasteiger partial charge in [-0.1, -0.05) is 48.5 Å². The summed E-state index contributed by atoms with van der Waals surface area (Å²) in [4.78, 5) is 29.8. The maximum absolute atomic E-state index is 14.7. The summed E-state index contributed by atoms with van der Waals surface area (Å²) in [5.74, 6) is -0.168. The molecule has 7 aromatic rings. The van der Waals surface area contributed by atoms with Crippen LogP contribution in [0.15, 0.2) is 97.5 Å². The molecule has 10 nitrogen and oxygen atoms in total. The maximum Gasteiger partial charge on any atom is 0.228 e. The van der Waals surface area contributed by atoms with Gasteiger partial charge in [0.05, 0.1) is 52.5 Å². The normalized spacial score (nSPS) is 11.7. The van der Waals surface area contributed by atoms with Crippen LogP contribution in [0.5, 0.6) is 0 Å². The predicted octanol–water partition coefficient (Wildman–Crippen LogP) is 6.14. The van der Waals surface area contributed by atoms with E-state index in [1.807, 2.05) is 60.7 Å². The highest BCUT2D eigenvalue weighted by atomic mass is 32.2. The number of anilines is 1. The first-order valence-electron chi connectivity index (χ1n) is 14.8. The van der Waals surface area contributed by atoms with Gasteiger partial charge in [0.15, 0.2) is 5.82 Å². The van der Waals surface area contributed by atoms with Crippen molar-refractivity contribution in [2.75, 3.05) is 17.3 Å². The fourth-order valence-corrected chi connectivity index (χ4v) is 6.13. The Morgan fingerprint density at radius 2 is 1.74 bits per heavy atom. The van der Waals surface area contributed by atoms with Crippen molar-refractivity contribution < 1.29 is 17.6 Å². The average Bonchev–Trinajstić information content (AvgIpc) is 3.68. The van der Waals surface area contributed by atoms with Gasteiger partial charge in [-0.25, -0.2) is 17.8 Å². The first-order valence-corrected chi connectivity index (χ1v) is 16.8. The molecule has 0 atom stereocenters. The molecule has 47 heavy (non-hydrogen) atoms. The number of benzene rings is 3. The van der Waals surface area contributed by atoms with E-state index in [1.165, 1.54) is 18.4 Å². The number of hydrogen-bond donors (Lipinski definition) is 3. The molecule has 0 saturated heterocycles. The third-order valence-corrected chi connectivity index (χ3v) is 8.69. The molecule has 7 rings (SSSR count). The number of aromatic amines is 2. The number of fused-ring (bicyclic) bond motifs is 2. The van der Waals surface area contributed by atoms with Gasteiger partial charge in [-0.2, -0.15) is 5.10 Å². The van der Waals surface area contributed by atoms with Crippen LogP contribution in [0.25, 0.3) is 55.8 Å². The molecular formula is C35H28FN7O3S. The quantitative estimate of drug-likeness (QED) is 0.171. The summed E-state index contributed by atoms with van der Waals surface area (Å²) in [5.41, 5.74) is 7.31. The number of amides is 1. The third-order valence-electron chi connectivity index (χ3n) is 7.74. The van der Waals surface area contributed by atoms with E-state index < -0.39 is 15.7 Å². The smallest absolute Gasteiger partial charge is 0.228 e. The van der Waals surface area contributed by atoms with E-state index in [1.54, 1.807) is 24.7 Å². The van der Waals surface area contributed by atoms with Crippen LogP contribution in [-0.2, 0) is 27.5 Å². The lowest BCUT2D eigenvalue weighted by Crippen LogP contribution is -2.14. The molecule has 0 aliphatic rings. The number of H-pyrrole nitrogens is 2. The number of nitrogens with zero attached hydrogens (tertiary/aromatic N) is 4. The Labute approximate surface area is 269 Å². The first kappa shape index (κ1) is 29.9. The second-order valence-electron chi connectivity index (χ2n) is 11.4. The Bertz CT molecular complexity index is 2390. The van der Waals surface area contributed by atoms with Crippen molar-refractivity contribution in [3.63, 3.8) is 0 Å². The fourth-order valence-electron chi connectivity index (χ4n) is 5.52. The number of aromatic nitrogens is 6. The van der Waals surface area contributed by atoms with E-state index in [2.05, 4.69) is 30.5 Å². The number of hydrogen-bond acceptors (Lipinski definition) is 7. The third kappa shape index (κ3) is 6.63. The molecule has 4 aromatic heterocycles. The highest BCUT2D eigenvalue weighted by molar-refractivity contribution is 7.90. The van der Waals surface area contributed by atoms with Crippen LogP contribution in [0, 0.1) is 5.82 Å². The minimum Gasteiger partial charge on any atom is -0.337 e. The lowest BCUT2D eigenvalue weighted by Gasteiger charge is -2.07. The van der Waals surface area contributed by atoms with Gasteiger partial charge < -0.3 is 10.3 Å². The number of halogens is 1. The van der Waals surface area contributed by atoms with Gasteiger partial charge in [0.25, 0.3) is 0 Å². The molecule has 4 heterocycles. The van der Waals surface area contributed by atoms with Gasteiger partial charge in [-0.05, 0) is 53.4 Å². The number of rotatable bonds is 9. The Morgan fingerprint density at radius 1 is 0.894 bits per heavy atom. The molecule has 0 radical (unpaired) electrons. The zero-order valence-electron chi connectivity index (χ0n) is 25.2. The topological polar surface area (TPSA) is 146 Å². The van der Waals surface area contributed by atoms with Gasteiger partial charge in [0.2, 0.25) is 5.91 Å². The van der Waals surface area contributed by atoms with Crippen LogP contribution in [0.4, 0.5) is 10.1 Å². The van der Waals surface area contributed by atoms with E-state index in [9.17, 15) is 17.6 Å². The predicted molar refractivity (Wildman–Crippen MR) is 180 cm³/mol. The Morgan fingerprint density at radius 3 is 2.57 bits per heavy atom. The van der Waals surface area contributed by atoms with E-state index in [0.717, 1.165) is 16.5 Å². The molecule has 0 unspecified atom stereocenters. The molecule has 3 aromatic carbocycles. The van der Waals surface area contributed by atoms with Crippen LogP contribution < -0.4 is 5.32 Å². The number of sulfone groups is 1. The summed E-state index contributed by atoms with van der Waals surface area (Å²) in [6, 6.07) is 23.4. The molecule has 3 N–H and O–H groups in total. The van der Waals surface area contributed by atoms with Crippen LogP contribution in [0.1, 0.15) is 11.1 Å². The van der Waals surface area contributed by atoms with E-state index in [0.29, 0.717) is 56.2 Å². The highest BCUT2D eigenvalue weighted by Crippen LogP contribution is 2.33. The van der Waals surface area contributed by atoms with Gasteiger partial charge in [0.1, 0.15) is 21.3 Å². The van der Waals surface area contributed by atoms with Crippen molar-refractivity contribution in [1.82, 2.24) is 30.1 Å². The molecule has 12 heteroatoms. The average molecular weight is 646 g/mol. The first-order chi connectivity index (χ1) is 22.7. The fraction of sp³-hybridized carbons (Fsp3) is 0.114. The number of imidazole rings is 1. The molecule has 0 saturated carbocycles. The molecule has 0 aliphatic carbocycles. The van der Waals surface area contributed by atoms with Crippen molar-refractivity contribution in [3.8, 4) is 33.9 Å². The second-order valence-corrected chi connectivity index (χ2v) is 13.6.